The minimum Gasteiger partial charge on any atom is -0.342 e. The predicted octanol–water partition coefficient (Wildman–Crippen LogP) is 3.44. The Morgan fingerprint density at radius 1 is 0.786 bits per heavy atom. The smallest absolute Gasteiger partial charge is 0.253 e. The molecule has 4 nitrogen and oxygen atoms in total. The first kappa shape index (κ1) is 18.6. The monoisotopic (exact) mass is 384 g/mol. The first-order chi connectivity index (χ1) is 13.5. The summed E-state index contributed by atoms with van der Waals surface area (Å²) in [5.74, 6) is -1.43. The van der Waals surface area contributed by atoms with Gasteiger partial charge in [-0.2, -0.15) is 0 Å². The zero-order chi connectivity index (χ0) is 19.7. The number of carbonyl (C=O) groups is 2. The molecule has 0 aliphatic carbocycles. The van der Waals surface area contributed by atoms with Crippen LogP contribution in [0.15, 0.2) is 48.5 Å². The van der Waals surface area contributed by atoms with Crippen molar-refractivity contribution in [1.82, 2.24) is 9.80 Å². The summed E-state index contributed by atoms with van der Waals surface area (Å²) in [4.78, 5) is 29.5. The van der Waals surface area contributed by atoms with Gasteiger partial charge < -0.3 is 9.80 Å². The summed E-state index contributed by atoms with van der Waals surface area (Å²) in [5.41, 5.74) is 1.25. The number of nitrogens with zero attached hydrogens (tertiary/aromatic N) is 2. The van der Waals surface area contributed by atoms with E-state index in [1.54, 1.807) is 17.0 Å². The summed E-state index contributed by atoms with van der Waals surface area (Å²) in [7, 11) is 0. The highest BCUT2D eigenvalue weighted by Crippen LogP contribution is 2.35. The quantitative estimate of drug-likeness (QED) is 0.813. The molecule has 28 heavy (non-hydrogen) atoms. The maximum atomic E-state index is 13.4. The molecule has 4 rings (SSSR count). The molecule has 0 bridgehead atoms. The number of hydrogen-bond acceptors (Lipinski definition) is 2. The first-order valence-electron chi connectivity index (χ1n) is 9.62. The Morgan fingerprint density at radius 3 is 1.96 bits per heavy atom. The fraction of sp³-hybridized carbons (Fsp3) is 0.364. The van der Waals surface area contributed by atoms with Gasteiger partial charge in [0.15, 0.2) is 0 Å². The van der Waals surface area contributed by atoms with E-state index in [2.05, 4.69) is 0 Å². The molecule has 0 aromatic heterocycles. The van der Waals surface area contributed by atoms with Crippen molar-refractivity contribution in [3.63, 3.8) is 0 Å². The van der Waals surface area contributed by atoms with E-state index in [4.69, 9.17) is 0 Å². The summed E-state index contributed by atoms with van der Waals surface area (Å²) in [6, 6.07) is 11.6. The zero-order valence-electron chi connectivity index (χ0n) is 15.5. The van der Waals surface area contributed by atoms with Crippen LogP contribution in [0.3, 0.4) is 0 Å². The largest absolute Gasteiger partial charge is 0.342 e. The Kier molecular flexibility index (Phi) is 5.11. The van der Waals surface area contributed by atoms with Crippen molar-refractivity contribution in [2.24, 2.45) is 5.92 Å². The number of halogens is 2. The van der Waals surface area contributed by atoms with E-state index in [1.165, 1.54) is 36.4 Å². The summed E-state index contributed by atoms with van der Waals surface area (Å²) < 4.78 is 26.5. The van der Waals surface area contributed by atoms with Gasteiger partial charge in [0.2, 0.25) is 5.91 Å². The molecule has 2 aromatic carbocycles. The second kappa shape index (κ2) is 7.70. The Labute approximate surface area is 162 Å². The van der Waals surface area contributed by atoms with Crippen molar-refractivity contribution >= 4 is 11.8 Å². The van der Waals surface area contributed by atoms with E-state index < -0.39 is 5.82 Å². The average molecular weight is 384 g/mol. The standard InChI is InChI=1S/C22H22F2N2O2/c23-17-7-3-15(4-8-17)19-13-26(21(27)16-5-9-18(24)10-6-16)14-20(19)22(28)25-11-1-2-12-25/h3-10,19-20H,1-2,11-14H2/t19-,20-/m0/s1. The van der Waals surface area contributed by atoms with Gasteiger partial charge in [0.25, 0.3) is 5.91 Å². The van der Waals surface area contributed by atoms with Crippen LogP contribution in [0.1, 0.15) is 34.7 Å². The van der Waals surface area contributed by atoms with E-state index in [1.807, 2.05) is 4.90 Å². The number of benzene rings is 2. The number of likely N-dealkylation sites (tertiary alicyclic amines) is 2. The van der Waals surface area contributed by atoms with E-state index in [-0.39, 0.29) is 29.5 Å². The lowest BCUT2D eigenvalue weighted by Crippen LogP contribution is -2.37. The minimum absolute atomic E-state index is 0.0567. The molecule has 2 aliphatic rings. The van der Waals surface area contributed by atoms with Crippen molar-refractivity contribution in [2.45, 2.75) is 18.8 Å². The number of carbonyl (C=O) groups excluding carboxylic acids is 2. The fourth-order valence-corrected chi connectivity index (χ4v) is 4.21. The molecule has 2 amide bonds. The molecule has 2 aliphatic heterocycles. The van der Waals surface area contributed by atoms with Crippen molar-refractivity contribution < 1.29 is 18.4 Å². The number of amides is 2. The molecule has 146 valence electrons. The van der Waals surface area contributed by atoms with E-state index in [0.29, 0.717) is 18.7 Å². The molecule has 0 unspecified atom stereocenters. The highest BCUT2D eigenvalue weighted by atomic mass is 19.1. The molecule has 2 heterocycles. The maximum absolute atomic E-state index is 13.4. The lowest BCUT2D eigenvalue weighted by molar-refractivity contribution is -0.134. The van der Waals surface area contributed by atoms with Gasteiger partial charge in [-0.3, -0.25) is 9.59 Å². The second-order valence-electron chi connectivity index (χ2n) is 7.51. The predicted molar refractivity (Wildman–Crippen MR) is 101 cm³/mol. The van der Waals surface area contributed by atoms with Gasteiger partial charge in [-0.25, -0.2) is 8.78 Å². The summed E-state index contributed by atoms with van der Waals surface area (Å²) in [6.07, 6.45) is 2.00. The molecule has 0 radical (unpaired) electrons. The Hall–Kier alpha value is -2.76. The summed E-state index contributed by atoms with van der Waals surface area (Å²) in [5, 5.41) is 0. The van der Waals surface area contributed by atoms with Crippen LogP contribution in [-0.4, -0.2) is 47.8 Å². The summed E-state index contributed by atoms with van der Waals surface area (Å²) >= 11 is 0. The molecular formula is C22H22F2N2O2. The molecular weight excluding hydrogens is 362 g/mol. The third-order valence-corrected chi connectivity index (χ3v) is 5.73. The van der Waals surface area contributed by atoms with Crippen molar-refractivity contribution in [1.29, 1.82) is 0 Å². The molecule has 0 saturated carbocycles. The molecule has 6 heteroatoms. The van der Waals surface area contributed by atoms with Crippen LogP contribution in [0, 0.1) is 17.6 Å². The molecule has 2 fully saturated rings. The molecule has 2 atom stereocenters. The van der Waals surface area contributed by atoms with Gasteiger partial charge in [-0.05, 0) is 54.8 Å². The van der Waals surface area contributed by atoms with Crippen molar-refractivity contribution in [3.05, 3.63) is 71.3 Å². The van der Waals surface area contributed by atoms with Crippen LogP contribution in [0.25, 0.3) is 0 Å². The Bertz CT molecular complexity index is 861. The number of hydrogen-bond donors (Lipinski definition) is 0. The minimum atomic E-state index is -0.399. The lowest BCUT2D eigenvalue weighted by Gasteiger charge is -2.24. The first-order valence-corrected chi connectivity index (χ1v) is 9.62. The average Bonchev–Trinajstić information content (AvgIpc) is 3.38. The second-order valence-corrected chi connectivity index (χ2v) is 7.51. The van der Waals surface area contributed by atoms with Crippen LogP contribution < -0.4 is 0 Å². The van der Waals surface area contributed by atoms with Gasteiger partial charge in [0, 0.05) is 37.7 Å². The van der Waals surface area contributed by atoms with E-state index >= 15 is 0 Å². The molecule has 2 aromatic rings. The molecule has 0 spiro atoms. The third kappa shape index (κ3) is 3.63. The van der Waals surface area contributed by atoms with Crippen molar-refractivity contribution in [2.75, 3.05) is 26.2 Å². The van der Waals surface area contributed by atoms with Gasteiger partial charge in [0.05, 0.1) is 5.92 Å². The van der Waals surface area contributed by atoms with Gasteiger partial charge in [-0.1, -0.05) is 12.1 Å². The topological polar surface area (TPSA) is 40.6 Å². The van der Waals surface area contributed by atoms with Crippen LogP contribution in [0.5, 0.6) is 0 Å². The van der Waals surface area contributed by atoms with Crippen LogP contribution in [0.4, 0.5) is 8.78 Å². The SMILES string of the molecule is O=C(c1ccc(F)cc1)N1C[C@H](C(=O)N2CCCC2)[C@H](c2ccc(F)cc2)C1. The van der Waals surface area contributed by atoms with E-state index in [0.717, 1.165) is 31.5 Å². The van der Waals surface area contributed by atoms with Gasteiger partial charge >= 0.3 is 0 Å². The van der Waals surface area contributed by atoms with Crippen LogP contribution in [-0.2, 0) is 4.79 Å². The number of rotatable bonds is 3. The zero-order valence-corrected chi connectivity index (χ0v) is 15.5. The van der Waals surface area contributed by atoms with Crippen molar-refractivity contribution in [3.8, 4) is 0 Å². The van der Waals surface area contributed by atoms with E-state index in [9.17, 15) is 18.4 Å². The Balaban J connectivity index is 1.60. The van der Waals surface area contributed by atoms with Crippen LogP contribution in [0.2, 0.25) is 0 Å². The molecule has 2 saturated heterocycles. The van der Waals surface area contributed by atoms with Crippen LogP contribution >= 0.6 is 0 Å². The maximum Gasteiger partial charge on any atom is 0.253 e. The normalized spacial score (nSPS) is 21.9. The highest BCUT2D eigenvalue weighted by Gasteiger charge is 2.42. The lowest BCUT2D eigenvalue weighted by atomic mass is 9.88. The summed E-state index contributed by atoms with van der Waals surface area (Å²) in [6.45, 7) is 2.19. The molecule has 0 N–H and O–H groups in total. The fourth-order valence-electron chi connectivity index (χ4n) is 4.21. The highest BCUT2D eigenvalue weighted by molar-refractivity contribution is 5.95. The third-order valence-electron chi connectivity index (χ3n) is 5.73. The van der Waals surface area contributed by atoms with Gasteiger partial charge in [-0.15, -0.1) is 0 Å². The Morgan fingerprint density at radius 2 is 1.36 bits per heavy atom. The van der Waals surface area contributed by atoms with Gasteiger partial charge in [0.1, 0.15) is 11.6 Å².